The summed E-state index contributed by atoms with van der Waals surface area (Å²) in [7, 11) is 0. The lowest BCUT2D eigenvalue weighted by atomic mass is 10.1. The Hall–Kier alpha value is -2.96. The Morgan fingerprint density at radius 1 is 1.43 bits per heavy atom. The molecule has 7 heteroatoms. The standard InChI is InChI=1S/C14H13N5O2/c1-8-12(17-19-13(8)20)14(21)18-16-7-9-6-15-11-5-3-2-4-10(9)11/h2-8,15H,1H3,(H,18,21)(H,19,20)/b16-7+. The van der Waals surface area contributed by atoms with E-state index in [1.165, 1.54) is 0 Å². The fourth-order valence-electron chi connectivity index (χ4n) is 2.10. The molecular formula is C14H13N5O2. The molecule has 1 aromatic heterocycles. The second-order valence-electron chi connectivity index (χ2n) is 4.68. The molecule has 7 nitrogen and oxygen atoms in total. The first-order chi connectivity index (χ1) is 10.2. The molecule has 2 heterocycles. The summed E-state index contributed by atoms with van der Waals surface area (Å²) in [6, 6.07) is 7.78. The third-order valence-electron chi connectivity index (χ3n) is 3.31. The van der Waals surface area contributed by atoms with Crippen LogP contribution in [-0.2, 0) is 9.59 Å². The number of H-pyrrole nitrogens is 1. The first kappa shape index (κ1) is 13.0. The SMILES string of the molecule is CC1C(=O)NN=C1C(=O)N/N=C/c1c[nH]c2ccccc12. The molecule has 0 fully saturated rings. The Labute approximate surface area is 120 Å². The lowest BCUT2D eigenvalue weighted by Crippen LogP contribution is -2.32. The minimum Gasteiger partial charge on any atom is -0.361 e. The molecule has 3 rings (SSSR count). The highest BCUT2D eigenvalue weighted by Crippen LogP contribution is 2.15. The van der Waals surface area contributed by atoms with E-state index in [1.54, 1.807) is 19.3 Å². The van der Waals surface area contributed by atoms with E-state index < -0.39 is 11.8 Å². The van der Waals surface area contributed by atoms with Gasteiger partial charge in [-0.2, -0.15) is 10.2 Å². The lowest BCUT2D eigenvalue weighted by molar-refractivity contribution is -0.122. The van der Waals surface area contributed by atoms with E-state index in [4.69, 9.17) is 0 Å². The first-order valence-electron chi connectivity index (χ1n) is 6.44. The van der Waals surface area contributed by atoms with Gasteiger partial charge in [-0.1, -0.05) is 18.2 Å². The molecule has 106 valence electrons. The summed E-state index contributed by atoms with van der Waals surface area (Å²) in [6.45, 7) is 1.62. The lowest BCUT2D eigenvalue weighted by Gasteiger charge is -2.01. The fraction of sp³-hybridized carbons (Fsp3) is 0.143. The number of fused-ring (bicyclic) bond motifs is 1. The maximum absolute atomic E-state index is 11.8. The maximum atomic E-state index is 11.8. The monoisotopic (exact) mass is 283 g/mol. The highest BCUT2D eigenvalue weighted by molar-refractivity contribution is 6.44. The summed E-state index contributed by atoms with van der Waals surface area (Å²) < 4.78 is 0. The van der Waals surface area contributed by atoms with Gasteiger partial charge in [0.05, 0.1) is 12.1 Å². The molecule has 0 bridgehead atoms. The summed E-state index contributed by atoms with van der Waals surface area (Å²) in [5, 5.41) is 8.60. The number of amides is 2. The quantitative estimate of drug-likeness (QED) is 0.572. The summed E-state index contributed by atoms with van der Waals surface area (Å²) >= 11 is 0. The van der Waals surface area contributed by atoms with Crippen LogP contribution in [0.3, 0.4) is 0 Å². The number of aromatic amines is 1. The Balaban J connectivity index is 1.70. The number of hydrogen-bond acceptors (Lipinski definition) is 4. The average molecular weight is 283 g/mol. The molecule has 0 saturated carbocycles. The van der Waals surface area contributed by atoms with Crippen molar-refractivity contribution >= 4 is 34.6 Å². The molecule has 0 saturated heterocycles. The van der Waals surface area contributed by atoms with Gasteiger partial charge >= 0.3 is 0 Å². The number of carbonyl (C=O) groups is 2. The molecule has 1 aliphatic heterocycles. The predicted molar refractivity (Wildman–Crippen MR) is 78.8 cm³/mol. The molecule has 1 aliphatic rings. The van der Waals surface area contributed by atoms with Crippen molar-refractivity contribution in [3.05, 3.63) is 36.0 Å². The average Bonchev–Trinajstić information content (AvgIpc) is 3.04. The Kier molecular flexibility index (Phi) is 3.23. The number of hydrazone groups is 2. The van der Waals surface area contributed by atoms with Crippen LogP contribution in [-0.4, -0.2) is 28.7 Å². The topological polar surface area (TPSA) is 98.7 Å². The second kappa shape index (κ2) is 5.20. The fourth-order valence-corrected chi connectivity index (χ4v) is 2.10. The van der Waals surface area contributed by atoms with Crippen LogP contribution in [0.5, 0.6) is 0 Å². The zero-order chi connectivity index (χ0) is 14.8. The van der Waals surface area contributed by atoms with Crippen molar-refractivity contribution in [3.8, 4) is 0 Å². The van der Waals surface area contributed by atoms with Gasteiger partial charge in [-0.25, -0.2) is 10.9 Å². The summed E-state index contributed by atoms with van der Waals surface area (Å²) in [6.07, 6.45) is 3.35. The van der Waals surface area contributed by atoms with Gasteiger partial charge in [0.1, 0.15) is 5.71 Å². The minimum atomic E-state index is -0.562. The number of hydrogen-bond donors (Lipinski definition) is 3. The van der Waals surface area contributed by atoms with Crippen molar-refractivity contribution in [2.75, 3.05) is 0 Å². The predicted octanol–water partition coefficient (Wildman–Crippen LogP) is 0.740. The number of aromatic nitrogens is 1. The highest BCUT2D eigenvalue weighted by atomic mass is 16.2. The summed E-state index contributed by atoms with van der Waals surface area (Å²) in [5.41, 5.74) is 6.62. The Morgan fingerprint density at radius 2 is 2.24 bits per heavy atom. The largest absolute Gasteiger partial charge is 0.361 e. The summed E-state index contributed by atoms with van der Waals surface area (Å²) in [4.78, 5) is 26.2. The van der Waals surface area contributed by atoms with E-state index in [1.807, 2.05) is 24.3 Å². The minimum absolute atomic E-state index is 0.135. The molecule has 0 spiro atoms. The number of nitrogens with zero attached hydrogens (tertiary/aromatic N) is 2. The second-order valence-corrected chi connectivity index (χ2v) is 4.68. The van der Waals surface area contributed by atoms with Crippen LogP contribution in [0.4, 0.5) is 0 Å². The van der Waals surface area contributed by atoms with Crippen LogP contribution in [0.15, 0.2) is 40.7 Å². The molecule has 1 aromatic carbocycles. The molecular weight excluding hydrogens is 270 g/mol. The maximum Gasteiger partial charge on any atom is 0.288 e. The highest BCUT2D eigenvalue weighted by Gasteiger charge is 2.30. The van der Waals surface area contributed by atoms with Crippen molar-refractivity contribution < 1.29 is 9.59 Å². The Bertz CT molecular complexity index is 775. The zero-order valence-corrected chi connectivity index (χ0v) is 11.3. The molecule has 1 atom stereocenters. The van der Waals surface area contributed by atoms with Crippen LogP contribution < -0.4 is 10.9 Å². The van der Waals surface area contributed by atoms with Crippen LogP contribution in [0.1, 0.15) is 12.5 Å². The van der Waals surface area contributed by atoms with Crippen LogP contribution in [0.2, 0.25) is 0 Å². The van der Waals surface area contributed by atoms with E-state index in [0.29, 0.717) is 0 Å². The van der Waals surface area contributed by atoms with Gasteiger partial charge in [0, 0.05) is 22.7 Å². The molecule has 0 aliphatic carbocycles. The molecule has 2 aromatic rings. The van der Waals surface area contributed by atoms with Gasteiger partial charge in [-0.3, -0.25) is 9.59 Å². The van der Waals surface area contributed by atoms with Crippen LogP contribution in [0, 0.1) is 5.92 Å². The van der Waals surface area contributed by atoms with E-state index >= 15 is 0 Å². The molecule has 1 unspecified atom stereocenters. The van der Waals surface area contributed by atoms with Crippen molar-refractivity contribution in [1.29, 1.82) is 0 Å². The smallest absolute Gasteiger partial charge is 0.288 e. The third kappa shape index (κ3) is 2.40. The molecule has 21 heavy (non-hydrogen) atoms. The van der Waals surface area contributed by atoms with E-state index in [2.05, 4.69) is 26.0 Å². The van der Waals surface area contributed by atoms with E-state index in [0.717, 1.165) is 16.5 Å². The van der Waals surface area contributed by atoms with Gasteiger partial charge in [-0.15, -0.1) is 0 Å². The van der Waals surface area contributed by atoms with Crippen molar-refractivity contribution in [2.24, 2.45) is 16.1 Å². The van der Waals surface area contributed by atoms with Crippen molar-refractivity contribution in [3.63, 3.8) is 0 Å². The normalized spacial score (nSPS) is 18.0. The van der Waals surface area contributed by atoms with Gasteiger partial charge in [0.15, 0.2) is 0 Å². The number of benzene rings is 1. The van der Waals surface area contributed by atoms with Crippen LogP contribution in [0.25, 0.3) is 10.9 Å². The molecule has 2 amide bonds. The van der Waals surface area contributed by atoms with Gasteiger partial charge in [0.2, 0.25) is 5.91 Å². The molecule has 0 radical (unpaired) electrons. The van der Waals surface area contributed by atoms with Gasteiger partial charge in [0.25, 0.3) is 5.91 Å². The Morgan fingerprint density at radius 3 is 3.00 bits per heavy atom. The van der Waals surface area contributed by atoms with Gasteiger partial charge < -0.3 is 4.98 Å². The number of para-hydroxylation sites is 1. The third-order valence-corrected chi connectivity index (χ3v) is 3.31. The van der Waals surface area contributed by atoms with Crippen molar-refractivity contribution in [1.82, 2.24) is 15.8 Å². The van der Waals surface area contributed by atoms with Crippen molar-refractivity contribution in [2.45, 2.75) is 6.92 Å². The number of rotatable bonds is 3. The number of carbonyl (C=O) groups excluding carboxylic acids is 2. The number of nitrogens with one attached hydrogen (secondary N) is 3. The zero-order valence-electron chi connectivity index (χ0n) is 11.3. The van der Waals surface area contributed by atoms with E-state index in [9.17, 15) is 9.59 Å². The van der Waals surface area contributed by atoms with Crippen LogP contribution >= 0.6 is 0 Å². The summed E-state index contributed by atoms with van der Waals surface area (Å²) in [5.74, 6) is -1.34. The van der Waals surface area contributed by atoms with Gasteiger partial charge in [-0.05, 0) is 13.0 Å². The first-order valence-corrected chi connectivity index (χ1v) is 6.44. The van der Waals surface area contributed by atoms with E-state index in [-0.39, 0.29) is 11.6 Å². The molecule has 3 N–H and O–H groups in total.